The number of rotatable bonds is 7. The molecule has 0 aliphatic carbocycles. The molecule has 3 rings (SSSR count). The zero-order chi connectivity index (χ0) is 20.1. The first-order valence-electron chi connectivity index (χ1n) is 9.22. The number of benzene rings is 2. The van der Waals surface area contributed by atoms with Crippen LogP contribution in [0.15, 0.2) is 36.4 Å². The molecule has 0 aromatic heterocycles. The third-order valence-corrected chi connectivity index (χ3v) is 5.48. The number of amides is 1. The van der Waals surface area contributed by atoms with E-state index in [4.69, 9.17) is 32.7 Å². The lowest BCUT2D eigenvalue weighted by Crippen LogP contribution is -2.36. The van der Waals surface area contributed by atoms with E-state index in [2.05, 4.69) is 10.2 Å². The molecule has 1 fully saturated rings. The van der Waals surface area contributed by atoms with Crippen LogP contribution in [0.25, 0.3) is 0 Å². The highest BCUT2D eigenvalue weighted by molar-refractivity contribution is 6.32. The van der Waals surface area contributed by atoms with Gasteiger partial charge in [0.05, 0.1) is 25.3 Å². The van der Waals surface area contributed by atoms with Gasteiger partial charge in [-0.3, -0.25) is 9.69 Å². The fraction of sp³-hybridized carbons (Fsp3) is 0.381. The van der Waals surface area contributed by atoms with Crippen LogP contribution in [0.5, 0.6) is 11.5 Å². The maximum absolute atomic E-state index is 12.8. The summed E-state index contributed by atoms with van der Waals surface area (Å²) in [4.78, 5) is 15.2. The highest BCUT2D eigenvalue weighted by atomic mass is 35.5. The smallest absolute Gasteiger partial charge is 0.251 e. The number of nitrogens with one attached hydrogen (secondary N) is 1. The number of hydrogen-bond donors (Lipinski definition) is 1. The van der Waals surface area contributed by atoms with E-state index in [0.29, 0.717) is 33.7 Å². The van der Waals surface area contributed by atoms with Crippen molar-refractivity contribution in [3.63, 3.8) is 0 Å². The summed E-state index contributed by atoms with van der Waals surface area (Å²) < 4.78 is 10.5. The second-order valence-corrected chi connectivity index (χ2v) is 7.56. The van der Waals surface area contributed by atoms with E-state index in [0.717, 1.165) is 31.5 Å². The molecule has 0 bridgehead atoms. The van der Waals surface area contributed by atoms with Gasteiger partial charge in [0.15, 0.2) is 11.5 Å². The van der Waals surface area contributed by atoms with Crippen molar-refractivity contribution in [1.82, 2.24) is 10.2 Å². The largest absolute Gasteiger partial charge is 0.493 e. The molecule has 1 N–H and O–H groups in total. The van der Waals surface area contributed by atoms with Crippen molar-refractivity contribution in [3.8, 4) is 11.5 Å². The molecule has 1 unspecified atom stereocenters. The highest BCUT2D eigenvalue weighted by Crippen LogP contribution is 2.36. The van der Waals surface area contributed by atoms with Gasteiger partial charge in [-0.05, 0) is 55.8 Å². The van der Waals surface area contributed by atoms with Crippen LogP contribution in [0.3, 0.4) is 0 Å². The summed E-state index contributed by atoms with van der Waals surface area (Å²) in [5, 5.41) is 4.06. The topological polar surface area (TPSA) is 50.8 Å². The van der Waals surface area contributed by atoms with Gasteiger partial charge in [-0.2, -0.15) is 0 Å². The van der Waals surface area contributed by atoms with Gasteiger partial charge in [0.2, 0.25) is 0 Å². The Morgan fingerprint density at radius 2 is 1.89 bits per heavy atom. The first-order valence-corrected chi connectivity index (χ1v) is 9.98. The van der Waals surface area contributed by atoms with E-state index >= 15 is 0 Å². The van der Waals surface area contributed by atoms with E-state index in [-0.39, 0.29) is 11.9 Å². The average Bonchev–Trinajstić information content (AvgIpc) is 3.21. The van der Waals surface area contributed by atoms with E-state index in [9.17, 15) is 4.79 Å². The average molecular weight is 423 g/mol. The third-order valence-electron chi connectivity index (χ3n) is 4.97. The fourth-order valence-corrected chi connectivity index (χ4v) is 4.05. The van der Waals surface area contributed by atoms with Crippen molar-refractivity contribution in [2.45, 2.75) is 18.9 Å². The molecule has 2 aromatic rings. The number of carbonyl (C=O) groups excluding carboxylic acids is 1. The Morgan fingerprint density at radius 1 is 1.14 bits per heavy atom. The summed E-state index contributed by atoms with van der Waals surface area (Å²) in [6.45, 7) is 2.50. The molecule has 0 spiro atoms. The van der Waals surface area contributed by atoms with Crippen molar-refractivity contribution in [2.24, 2.45) is 0 Å². The molecular formula is C21H24Cl2N2O3. The van der Waals surface area contributed by atoms with Crippen molar-refractivity contribution >= 4 is 29.1 Å². The van der Waals surface area contributed by atoms with Gasteiger partial charge in [0.1, 0.15) is 0 Å². The van der Waals surface area contributed by atoms with Crippen LogP contribution >= 0.6 is 23.2 Å². The van der Waals surface area contributed by atoms with Crippen LogP contribution in [-0.2, 0) is 0 Å². The second-order valence-electron chi connectivity index (χ2n) is 6.72. The lowest BCUT2D eigenvalue weighted by atomic mass is 10.1. The Kier molecular flexibility index (Phi) is 7.05. The van der Waals surface area contributed by atoms with Gasteiger partial charge in [0.25, 0.3) is 5.91 Å². The summed E-state index contributed by atoms with van der Waals surface area (Å²) in [7, 11) is 3.02. The molecule has 1 saturated heterocycles. The Bertz CT molecular complexity index is 838. The summed E-state index contributed by atoms with van der Waals surface area (Å²) in [5.41, 5.74) is 1.52. The van der Waals surface area contributed by atoms with E-state index in [1.165, 1.54) is 14.2 Å². The normalized spacial score (nSPS) is 15.3. The van der Waals surface area contributed by atoms with Gasteiger partial charge in [0, 0.05) is 17.1 Å². The van der Waals surface area contributed by atoms with E-state index in [1.54, 1.807) is 12.1 Å². The second kappa shape index (κ2) is 9.50. The van der Waals surface area contributed by atoms with Crippen LogP contribution in [0, 0.1) is 0 Å². The van der Waals surface area contributed by atoms with E-state index < -0.39 is 0 Å². The summed E-state index contributed by atoms with van der Waals surface area (Å²) >= 11 is 12.4. The highest BCUT2D eigenvalue weighted by Gasteiger charge is 2.25. The Hall–Kier alpha value is -1.95. The monoisotopic (exact) mass is 422 g/mol. The number of nitrogens with zero attached hydrogens (tertiary/aromatic N) is 1. The van der Waals surface area contributed by atoms with Crippen LogP contribution < -0.4 is 14.8 Å². The summed E-state index contributed by atoms with van der Waals surface area (Å²) in [6.07, 6.45) is 2.33. The molecule has 0 saturated carbocycles. The van der Waals surface area contributed by atoms with Gasteiger partial charge in [-0.1, -0.05) is 35.3 Å². The number of likely N-dealkylation sites (tertiary alicyclic amines) is 1. The molecule has 28 heavy (non-hydrogen) atoms. The molecule has 150 valence electrons. The lowest BCUT2D eigenvalue weighted by Gasteiger charge is -2.28. The number of carbonyl (C=O) groups is 1. The zero-order valence-corrected chi connectivity index (χ0v) is 17.5. The predicted molar refractivity (Wildman–Crippen MR) is 112 cm³/mol. The van der Waals surface area contributed by atoms with Crippen molar-refractivity contribution < 1.29 is 14.3 Å². The van der Waals surface area contributed by atoms with Gasteiger partial charge in [-0.25, -0.2) is 0 Å². The fourth-order valence-electron chi connectivity index (χ4n) is 3.57. The molecule has 5 nitrogen and oxygen atoms in total. The Morgan fingerprint density at radius 3 is 2.54 bits per heavy atom. The molecule has 1 heterocycles. The first-order chi connectivity index (χ1) is 13.5. The minimum Gasteiger partial charge on any atom is -0.493 e. The van der Waals surface area contributed by atoms with Gasteiger partial charge >= 0.3 is 0 Å². The number of halogens is 2. The molecule has 7 heteroatoms. The van der Waals surface area contributed by atoms with Gasteiger partial charge in [-0.15, -0.1) is 0 Å². The number of ether oxygens (including phenoxy) is 2. The maximum Gasteiger partial charge on any atom is 0.251 e. The first kappa shape index (κ1) is 20.8. The van der Waals surface area contributed by atoms with Crippen molar-refractivity contribution in [1.29, 1.82) is 0 Å². The summed E-state index contributed by atoms with van der Waals surface area (Å²) in [5.74, 6) is 0.620. The molecule has 1 aliphatic heterocycles. The van der Waals surface area contributed by atoms with E-state index in [1.807, 2.05) is 24.3 Å². The standard InChI is InChI=1S/C21H24Cl2N2O3/c1-27-19-12-15(11-17(23)20(19)28-2)21(26)24-13-18(25-8-3-4-9-25)14-6-5-7-16(22)10-14/h5-7,10-12,18H,3-4,8-9,13H2,1-2H3,(H,24,26). The van der Waals surface area contributed by atoms with Gasteiger partial charge < -0.3 is 14.8 Å². The zero-order valence-electron chi connectivity index (χ0n) is 16.0. The number of hydrogen-bond acceptors (Lipinski definition) is 4. The quantitative estimate of drug-likeness (QED) is 0.709. The molecular weight excluding hydrogens is 399 g/mol. The maximum atomic E-state index is 12.8. The van der Waals surface area contributed by atoms with Crippen LogP contribution in [0.1, 0.15) is 34.8 Å². The SMILES string of the molecule is COc1cc(C(=O)NCC(c2cccc(Cl)c2)N2CCCC2)cc(Cl)c1OC. The third kappa shape index (κ3) is 4.72. The Balaban J connectivity index is 1.77. The molecule has 1 aliphatic rings. The molecule has 1 atom stereocenters. The molecule has 1 amide bonds. The van der Waals surface area contributed by atoms with Crippen molar-refractivity contribution in [3.05, 3.63) is 57.6 Å². The van der Waals surface area contributed by atoms with Crippen LogP contribution in [-0.4, -0.2) is 44.7 Å². The minimum atomic E-state index is -0.214. The number of methoxy groups -OCH3 is 2. The minimum absolute atomic E-state index is 0.0702. The predicted octanol–water partition coefficient (Wildman–Crippen LogP) is 4.58. The Labute approximate surface area is 175 Å². The van der Waals surface area contributed by atoms with Crippen LogP contribution in [0.2, 0.25) is 10.0 Å². The van der Waals surface area contributed by atoms with Crippen molar-refractivity contribution in [2.75, 3.05) is 33.9 Å². The van der Waals surface area contributed by atoms with Crippen LogP contribution in [0.4, 0.5) is 0 Å². The summed E-state index contributed by atoms with van der Waals surface area (Å²) in [6, 6.07) is 11.1. The lowest BCUT2D eigenvalue weighted by molar-refractivity contribution is 0.0937. The molecule has 2 aromatic carbocycles. The molecule has 0 radical (unpaired) electrons.